The molecule has 7 heteroatoms. The first-order chi connectivity index (χ1) is 11.6. The smallest absolute Gasteiger partial charge is 0.408 e. The fourth-order valence-electron chi connectivity index (χ4n) is 2.91. The van der Waals surface area contributed by atoms with Crippen LogP contribution in [-0.2, 0) is 11.3 Å². The van der Waals surface area contributed by atoms with Crippen molar-refractivity contribution in [2.75, 3.05) is 0 Å². The molecule has 0 saturated carbocycles. The molecule has 134 valence electrons. The minimum Gasteiger partial charge on any atom is -0.445 e. The summed E-state index contributed by atoms with van der Waals surface area (Å²) >= 11 is 0. The number of carbonyl (C=O) groups is 1. The summed E-state index contributed by atoms with van der Waals surface area (Å²) in [5.74, 6) is 0.0307. The van der Waals surface area contributed by atoms with Gasteiger partial charge in [-0.05, 0) is 49.6 Å². The van der Waals surface area contributed by atoms with Gasteiger partial charge in [0.2, 0.25) is 0 Å². The van der Waals surface area contributed by atoms with E-state index in [2.05, 4.69) is 5.32 Å². The van der Waals surface area contributed by atoms with Gasteiger partial charge < -0.3 is 15.8 Å². The second-order valence-corrected chi connectivity index (χ2v) is 6.55. The number of alkyl carbamates (subject to hydrolysis) is 1. The maximum absolute atomic E-state index is 12.2. The molecule has 3 N–H and O–H groups in total. The van der Waals surface area contributed by atoms with Gasteiger partial charge in [0.1, 0.15) is 6.61 Å². The van der Waals surface area contributed by atoms with Crippen molar-refractivity contribution in [3.63, 3.8) is 0 Å². The average molecular weight is 345 g/mol. The molecule has 1 aromatic rings. The standard InChI is InChI=1S/C18H23N3O4/c1-11-9-18(4,13(3)12(2)16(11)19)20-17(22)25-10-14-5-7-15(8-6-14)21(23)24/h5-9,13H,10,19H2,1-4H3,(H,20,22). The quantitative estimate of drug-likeness (QED) is 0.642. The lowest BCUT2D eigenvalue weighted by Gasteiger charge is -2.38. The van der Waals surface area contributed by atoms with E-state index < -0.39 is 16.6 Å². The molecular weight excluding hydrogens is 322 g/mol. The summed E-state index contributed by atoms with van der Waals surface area (Å²) in [6, 6.07) is 5.89. The first-order valence-electron chi connectivity index (χ1n) is 7.98. The molecule has 0 heterocycles. The Balaban J connectivity index is 1.99. The number of nitro groups is 1. The second-order valence-electron chi connectivity index (χ2n) is 6.55. The number of hydrogen-bond donors (Lipinski definition) is 2. The molecule has 0 bridgehead atoms. The van der Waals surface area contributed by atoms with E-state index in [1.165, 1.54) is 12.1 Å². The lowest BCUT2D eigenvalue weighted by Crippen LogP contribution is -2.51. The summed E-state index contributed by atoms with van der Waals surface area (Å²) < 4.78 is 5.25. The fraction of sp³-hybridized carbons (Fsp3) is 0.389. The van der Waals surface area contributed by atoms with Crippen molar-refractivity contribution in [3.8, 4) is 0 Å². The second kappa shape index (κ2) is 6.96. The third-order valence-corrected chi connectivity index (χ3v) is 4.80. The van der Waals surface area contributed by atoms with E-state index in [-0.39, 0.29) is 18.2 Å². The van der Waals surface area contributed by atoms with Gasteiger partial charge in [0.05, 0.1) is 10.5 Å². The summed E-state index contributed by atoms with van der Waals surface area (Å²) in [5, 5.41) is 13.5. The Morgan fingerprint density at radius 1 is 1.36 bits per heavy atom. The SMILES string of the molecule is CC1=CC(C)(NC(=O)OCc2ccc([N+](=O)[O-])cc2)C(C)C(C)=C1N. The molecule has 1 aliphatic carbocycles. The number of benzene rings is 1. The van der Waals surface area contributed by atoms with Crippen LogP contribution in [0.1, 0.15) is 33.3 Å². The van der Waals surface area contributed by atoms with E-state index in [1.807, 2.05) is 33.8 Å². The highest BCUT2D eigenvalue weighted by Crippen LogP contribution is 2.34. The molecule has 1 aliphatic rings. The van der Waals surface area contributed by atoms with Crippen molar-refractivity contribution in [1.82, 2.24) is 5.32 Å². The third-order valence-electron chi connectivity index (χ3n) is 4.80. The predicted octanol–water partition coefficient (Wildman–Crippen LogP) is 3.41. The van der Waals surface area contributed by atoms with Crippen molar-refractivity contribution in [1.29, 1.82) is 0 Å². The first kappa shape index (κ1) is 18.5. The molecule has 0 radical (unpaired) electrons. The molecule has 0 fully saturated rings. The van der Waals surface area contributed by atoms with Crippen molar-refractivity contribution in [2.45, 2.75) is 39.8 Å². The molecule has 1 amide bonds. The van der Waals surface area contributed by atoms with Crippen molar-refractivity contribution in [2.24, 2.45) is 11.7 Å². The number of nitrogens with one attached hydrogen (secondary N) is 1. The summed E-state index contributed by atoms with van der Waals surface area (Å²) in [5.41, 5.74) is 8.84. The minimum atomic E-state index is -0.594. The third kappa shape index (κ3) is 3.99. The Kier molecular flexibility index (Phi) is 5.15. The molecule has 2 rings (SSSR count). The molecule has 0 spiro atoms. The van der Waals surface area contributed by atoms with Gasteiger partial charge in [0.15, 0.2) is 0 Å². The predicted molar refractivity (Wildman–Crippen MR) is 94.6 cm³/mol. The number of ether oxygens (including phenoxy) is 1. The highest BCUT2D eigenvalue weighted by atomic mass is 16.6. The highest BCUT2D eigenvalue weighted by Gasteiger charge is 2.36. The van der Waals surface area contributed by atoms with Gasteiger partial charge in [0.25, 0.3) is 5.69 Å². The molecule has 0 aliphatic heterocycles. The number of allylic oxidation sites excluding steroid dienone is 1. The van der Waals surface area contributed by atoms with Crippen molar-refractivity contribution >= 4 is 11.8 Å². The Labute approximate surface area is 146 Å². The first-order valence-corrected chi connectivity index (χ1v) is 7.98. The molecular formula is C18H23N3O4. The van der Waals surface area contributed by atoms with Gasteiger partial charge in [0, 0.05) is 23.7 Å². The molecule has 25 heavy (non-hydrogen) atoms. The monoisotopic (exact) mass is 345 g/mol. The van der Waals surface area contributed by atoms with E-state index in [9.17, 15) is 14.9 Å². The Hall–Kier alpha value is -2.83. The van der Waals surface area contributed by atoms with Crippen molar-refractivity contribution in [3.05, 3.63) is 62.9 Å². The molecule has 0 aromatic heterocycles. The van der Waals surface area contributed by atoms with Crippen LogP contribution in [0.25, 0.3) is 0 Å². The average Bonchev–Trinajstić information content (AvgIpc) is 2.56. The van der Waals surface area contributed by atoms with E-state index in [0.29, 0.717) is 5.56 Å². The van der Waals surface area contributed by atoms with Gasteiger partial charge in [-0.15, -0.1) is 0 Å². The zero-order valence-corrected chi connectivity index (χ0v) is 14.8. The van der Waals surface area contributed by atoms with E-state index in [4.69, 9.17) is 10.5 Å². The number of nitrogens with two attached hydrogens (primary N) is 1. The largest absolute Gasteiger partial charge is 0.445 e. The molecule has 1 aromatic carbocycles. The van der Waals surface area contributed by atoms with Crippen LogP contribution >= 0.6 is 0 Å². The fourth-order valence-corrected chi connectivity index (χ4v) is 2.91. The van der Waals surface area contributed by atoms with Gasteiger partial charge >= 0.3 is 6.09 Å². The number of amides is 1. The summed E-state index contributed by atoms with van der Waals surface area (Å²) in [6.07, 6.45) is 1.39. The maximum atomic E-state index is 12.2. The van der Waals surface area contributed by atoms with Crippen LogP contribution in [0.2, 0.25) is 0 Å². The number of nitro benzene ring substituents is 1. The van der Waals surface area contributed by atoms with Crippen LogP contribution < -0.4 is 11.1 Å². The van der Waals surface area contributed by atoms with Gasteiger partial charge in [-0.3, -0.25) is 10.1 Å². The van der Waals surface area contributed by atoms with E-state index >= 15 is 0 Å². The Morgan fingerprint density at radius 3 is 2.52 bits per heavy atom. The number of nitrogens with zero attached hydrogens (tertiary/aromatic N) is 1. The van der Waals surface area contributed by atoms with Crippen LogP contribution in [0.3, 0.4) is 0 Å². The summed E-state index contributed by atoms with van der Waals surface area (Å²) in [7, 11) is 0. The summed E-state index contributed by atoms with van der Waals surface area (Å²) in [4.78, 5) is 22.3. The van der Waals surface area contributed by atoms with Crippen LogP contribution in [0.15, 0.2) is 47.2 Å². The topological polar surface area (TPSA) is 107 Å². The number of carbonyl (C=O) groups excluding carboxylic acids is 1. The molecule has 0 saturated heterocycles. The van der Waals surface area contributed by atoms with Gasteiger partial charge in [-0.25, -0.2) is 4.79 Å². The highest BCUT2D eigenvalue weighted by molar-refractivity contribution is 5.69. The Bertz CT molecular complexity index is 752. The van der Waals surface area contributed by atoms with E-state index in [1.54, 1.807) is 12.1 Å². The molecule has 2 unspecified atom stereocenters. The normalized spacial score (nSPS) is 23.0. The molecule has 2 atom stereocenters. The van der Waals surface area contributed by atoms with Gasteiger partial charge in [-0.2, -0.15) is 0 Å². The van der Waals surface area contributed by atoms with Crippen LogP contribution in [0.4, 0.5) is 10.5 Å². The van der Waals surface area contributed by atoms with Crippen LogP contribution in [0.5, 0.6) is 0 Å². The van der Waals surface area contributed by atoms with Crippen LogP contribution in [-0.4, -0.2) is 16.6 Å². The maximum Gasteiger partial charge on any atom is 0.408 e. The Morgan fingerprint density at radius 2 is 1.96 bits per heavy atom. The van der Waals surface area contributed by atoms with Gasteiger partial charge in [-0.1, -0.05) is 13.0 Å². The number of rotatable bonds is 4. The number of hydrogen-bond acceptors (Lipinski definition) is 5. The molecule has 7 nitrogen and oxygen atoms in total. The lowest BCUT2D eigenvalue weighted by atomic mass is 9.75. The minimum absolute atomic E-state index is 0.00259. The van der Waals surface area contributed by atoms with Crippen LogP contribution in [0, 0.1) is 16.0 Å². The summed E-state index contributed by atoms with van der Waals surface area (Å²) in [6.45, 7) is 7.82. The lowest BCUT2D eigenvalue weighted by molar-refractivity contribution is -0.384. The van der Waals surface area contributed by atoms with E-state index in [0.717, 1.165) is 16.8 Å². The zero-order valence-electron chi connectivity index (χ0n) is 14.8. The number of non-ortho nitro benzene ring substituents is 1. The zero-order chi connectivity index (χ0) is 18.8. The van der Waals surface area contributed by atoms with Crippen molar-refractivity contribution < 1.29 is 14.5 Å².